The third-order valence-corrected chi connectivity index (χ3v) is 5.02. The molecule has 3 rings (SSSR count). The van der Waals surface area contributed by atoms with E-state index in [0.717, 1.165) is 53.8 Å². The van der Waals surface area contributed by atoms with E-state index in [9.17, 15) is 5.11 Å². The molecule has 0 radical (unpaired) electrons. The maximum atomic E-state index is 10.3. The summed E-state index contributed by atoms with van der Waals surface area (Å²) in [5, 5.41) is 11.1. The molecule has 1 heterocycles. The van der Waals surface area contributed by atoms with Crippen molar-refractivity contribution in [2.75, 3.05) is 44.2 Å². The molecule has 0 aliphatic carbocycles. The number of piperazine rings is 1. The minimum Gasteiger partial charge on any atom is -0.491 e. The normalized spacial score (nSPS) is 15.9. The summed E-state index contributed by atoms with van der Waals surface area (Å²) in [7, 11) is 0. The van der Waals surface area contributed by atoms with Crippen LogP contribution in [0.3, 0.4) is 0 Å². The number of hydrogen-bond donors (Lipinski definition) is 1. The fourth-order valence-electron chi connectivity index (χ4n) is 3.26. The maximum Gasteiger partial charge on any atom is 0.122 e. The number of rotatable bonds is 6. The Kier molecular flexibility index (Phi) is 8.24. The molecule has 0 spiro atoms. The van der Waals surface area contributed by atoms with Crippen molar-refractivity contribution >= 4 is 29.7 Å². The standard InChI is InChI=1S/C21H27ClN2O2.ClH/c1-16-6-7-17(2)21(12-16)26-15-20(25)14-23-8-10-24(11-9-23)19-5-3-4-18(22)13-19;/h3-7,12-13,20,25H,8-11,14-15H2,1-2H3;1H. The van der Waals surface area contributed by atoms with E-state index in [2.05, 4.69) is 21.9 Å². The summed E-state index contributed by atoms with van der Waals surface area (Å²) in [5.74, 6) is 0.856. The Hall–Kier alpha value is -1.46. The number of ether oxygens (including phenoxy) is 1. The second-order valence-electron chi connectivity index (χ2n) is 7.00. The van der Waals surface area contributed by atoms with E-state index in [1.165, 1.54) is 0 Å². The van der Waals surface area contributed by atoms with Gasteiger partial charge in [-0.25, -0.2) is 0 Å². The number of aliphatic hydroxyl groups is 1. The van der Waals surface area contributed by atoms with E-state index in [-0.39, 0.29) is 12.4 Å². The average molecular weight is 411 g/mol. The van der Waals surface area contributed by atoms with Gasteiger partial charge in [-0.2, -0.15) is 0 Å². The lowest BCUT2D eigenvalue weighted by molar-refractivity contribution is 0.0660. The molecular weight excluding hydrogens is 383 g/mol. The average Bonchev–Trinajstić information content (AvgIpc) is 2.63. The van der Waals surface area contributed by atoms with Gasteiger partial charge in [-0.1, -0.05) is 29.8 Å². The predicted octanol–water partition coefficient (Wildman–Crippen LogP) is 3.94. The van der Waals surface area contributed by atoms with Crippen molar-refractivity contribution in [1.82, 2.24) is 4.90 Å². The topological polar surface area (TPSA) is 35.9 Å². The summed E-state index contributed by atoms with van der Waals surface area (Å²) in [6.45, 7) is 8.74. The van der Waals surface area contributed by atoms with Crippen LogP contribution in [-0.2, 0) is 0 Å². The first-order chi connectivity index (χ1) is 12.5. The van der Waals surface area contributed by atoms with E-state index in [4.69, 9.17) is 16.3 Å². The molecule has 0 bridgehead atoms. The Morgan fingerprint density at radius 1 is 1.07 bits per heavy atom. The fraction of sp³-hybridized carbons (Fsp3) is 0.429. The third kappa shape index (κ3) is 6.28. The van der Waals surface area contributed by atoms with Crippen molar-refractivity contribution < 1.29 is 9.84 Å². The van der Waals surface area contributed by atoms with E-state index in [1.807, 2.05) is 44.2 Å². The molecule has 2 aromatic carbocycles. The van der Waals surface area contributed by atoms with E-state index < -0.39 is 6.10 Å². The monoisotopic (exact) mass is 410 g/mol. The third-order valence-electron chi connectivity index (χ3n) is 4.79. The first-order valence-electron chi connectivity index (χ1n) is 9.12. The molecule has 1 unspecified atom stereocenters. The van der Waals surface area contributed by atoms with Crippen LogP contribution in [0.2, 0.25) is 5.02 Å². The van der Waals surface area contributed by atoms with Crippen molar-refractivity contribution in [2.24, 2.45) is 0 Å². The number of benzene rings is 2. The zero-order valence-electron chi connectivity index (χ0n) is 15.9. The van der Waals surface area contributed by atoms with Gasteiger partial charge in [0.15, 0.2) is 0 Å². The number of nitrogens with zero attached hydrogens (tertiary/aromatic N) is 2. The second-order valence-corrected chi connectivity index (χ2v) is 7.44. The van der Waals surface area contributed by atoms with Gasteiger partial charge in [-0.3, -0.25) is 4.90 Å². The highest BCUT2D eigenvalue weighted by atomic mass is 35.5. The lowest BCUT2D eigenvalue weighted by Crippen LogP contribution is -2.49. The molecule has 0 amide bonds. The van der Waals surface area contributed by atoms with Gasteiger partial charge in [0.25, 0.3) is 0 Å². The molecule has 27 heavy (non-hydrogen) atoms. The van der Waals surface area contributed by atoms with Crippen LogP contribution in [0.4, 0.5) is 5.69 Å². The van der Waals surface area contributed by atoms with Gasteiger partial charge in [0.2, 0.25) is 0 Å². The van der Waals surface area contributed by atoms with Gasteiger partial charge in [-0.15, -0.1) is 12.4 Å². The summed E-state index contributed by atoms with van der Waals surface area (Å²) in [5.41, 5.74) is 3.42. The molecule has 1 aliphatic heterocycles. The maximum absolute atomic E-state index is 10.3. The Morgan fingerprint density at radius 2 is 1.81 bits per heavy atom. The molecule has 1 atom stereocenters. The lowest BCUT2D eigenvalue weighted by atomic mass is 10.1. The van der Waals surface area contributed by atoms with Crippen molar-refractivity contribution in [3.05, 3.63) is 58.6 Å². The summed E-state index contributed by atoms with van der Waals surface area (Å²) in [6, 6.07) is 14.1. The second kappa shape index (κ2) is 10.2. The molecule has 0 saturated carbocycles. The SMILES string of the molecule is Cc1ccc(C)c(OCC(O)CN2CCN(c3cccc(Cl)c3)CC2)c1.Cl. The summed E-state index contributed by atoms with van der Waals surface area (Å²) in [4.78, 5) is 4.62. The van der Waals surface area contributed by atoms with Crippen molar-refractivity contribution in [3.8, 4) is 5.75 Å². The molecule has 6 heteroatoms. The molecule has 148 valence electrons. The van der Waals surface area contributed by atoms with Crippen LogP contribution in [-0.4, -0.2) is 55.4 Å². The Bertz CT molecular complexity index is 734. The van der Waals surface area contributed by atoms with Gasteiger partial charge in [0.1, 0.15) is 18.5 Å². The van der Waals surface area contributed by atoms with E-state index >= 15 is 0 Å². The van der Waals surface area contributed by atoms with Crippen LogP contribution in [0.25, 0.3) is 0 Å². The van der Waals surface area contributed by atoms with Gasteiger partial charge in [0.05, 0.1) is 0 Å². The Balaban J connectivity index is 0.00000261. The van der Waals surface area contributed by atoms with Crippen molar-refractivity contribution in [2.45, 2.75) is 20.0 Å². The van der Waals surface area contributed by atoms with Crippen LogP contribution >= 0.6 is 24.0 Å². The van der Waals surface area contributed by atoms with Gasteiger partial charge >= 0.3 is 0 Å². The summed E-state index contributed by atoms with van der Waals surface area (Å²) >= 11 is 6.08. The highest BCUT2D eigenvalue weighted by Crippen LogP contribution is 2.21. The molecule has 1 fully saturated rings. The summed E-state index contributed by atoms with van der Waals surface area (Å²) < 4.78 is 5.82. The van der Waals surface area contributed by atoms with Crippen LogP contribution in [0.15, 0.2) is 42.5 Å². The van der Waals surface area contributed by atoms with Gasteiger partial charge < -0.3 is 14.7 Å². The van der Waals surface area contributed by atoms with Crippen molar-refractivity contribution in [1.29, 1.82) is 0 Å². The van der Waals surface area contributed by atoms with Gasteiger partial charge in [0, 0.05) is 43.4 Å². The highest BCUT2D eigenvalue weighted by molar-refractivity contribution is 6.30. The van der Waals surface area contributed by atoms with Crippen molar-refractivity contribution in [3.63, 3.8) is 0 Å². The number of hydrogen-bond acceptors (Lipinski definition) is 4. The largest absolute Gasteiger partial charge is 0.491 e. The first kappa shape index (κ1) is 21.8. The first-order valence-corrected chi connectivity index (χ1v) is 9.50. The smallest absolute Gasteiger partial charge is 0.122 e. The minimum atomic E-state index is -0.493. The molecular formula is C21H28Cl2N2O2. The van der Waals surface area contributed by atoms with E-state index in [1.54, 1.807) is 0 Å². The highest BCUT2D eigenvalue weighted by Gasteiger charge is 2.20. The molecule has 0 aromatic heterocycles. The number of anilines is 1. The molecule has 2 aromatic rings. The van der Waals surface area contributed by atoms with Gasteiger partial charge in [-0.05, 0) is 49.2 Å². The van der Waals surface area contributed by atoms with Crippen LogP contribution in [0, 0.1) is 13.8 Å². The van der Waals surface area contributed by atoms with Crippen LogP contribution in [0.1, 0.15) is 11.1 Å². The number of aliphatic hydroxyl groups excluding tert-OH is 1. The molecule has 1 saturated heterocycles. The quantitative estimate of drug-likeness (QED) is 0.781. The Morgan fingerprint density at radius 3 is 2.52 bits per heavy atom. The predicted molar refractivity (Wildman–Crippen MR) is 115 cm³/mol. The number of aryl methyl sites for hydroxylation is 2. The van der Waals surface area contributed by atoms with Crippen LogP contribution in [0.5, 0.6) is 5.75 Å². The Labute approximate surface area is 173 Å². The van der Waals surface area contributed by atoms with Crippen LogP contribution < -0.4 is 9.64 Å². The zero-order chi connectivity index (χ0) is 18.5. The minimum absolute atomic E-state index is 0. The fourth-order valence-corrected chi connectivity index (χ4v) is 3.45. The number of halogens is 2. The summed E-state index contributed by atoms with van der Waals surface area (Å²) in [6.07, 6.45) is -0.493. The zero-order valence-corrected chi connectivity index (χ0v) is 17.5. The number of β-amino-alcohol motifs (C(OH)–C–C–N with tert-alkyl or cyclic N) is 1. The molecule has 1 aliphatic rings. The van der Waals surface area contributed by atoms with E-state index in [0.29, 0.717) is 13.2 Å². The molecule has 1 N–H and O–H groups in total. The molecule has 4 nitrogen and oxygen atoms in total. The lowest BCUT2D eigenvalue weighted by Gasteiger charge is -2.37.